The van der Waals surface area contributed by atoms with E-state index in [0.717, 1.165) is 28.6 Å². The molecule has 9 heteroatoms. The van der Waals surface area contributed by atoms with Gasteiger partial charge in [-0.25, -0.2) is 0 Å². The van der Waals surface area contributed by atoms with Crippen LogP contribution in [0.25, 0.3) is 11.3 Å². The number of carbonyl (C=O) groups excluding carboxylic acids is 2. The van der Waals surface area contributed by atoms with Crippen LogP contribution in [0.2, 0.25) is 0 Å². The number of carbonyl (C=O) groups is 2. The maximum absolute atomic E-state index is 12.8. The lowest BCUT2D eigenvalue weighted by molar-refractivity contribution is -0.116. The Kier molecular flexibility index (Phi) is 7.42. The second-order valence-electron chi connectivity index (χ2n) is 7.29. The number of H-pyrrole nitrogens is 1. The van der Waals surface area contributed by atoms with Crippen LogP contribution < -0.4 is 16.2 Å². The van der Waals surface area contributed by atoms with E-state index in [1.165, 1.54) is 6.92 Å². The number of para-hydroxylation sites is 1. The van der Waals surface area contributed by atoms with Crippen LogP contribution in [0.3, 0.4) is 0 Å². The number of nitrogens with zero attached hydrogens (tertiary/aromatic N) is 2. The Balaban J connectivity index is 1.80. The third-order valence-electron chi connectivity index (χ3n) is 4.95. The molecule has 0 radical (unpaired) electrons. The number of aromatic nitrogens is 3. The van der Waals surface area contributed by atoms with Gasteiger partial charge in [0.05, 0.1) is 10.9 Å². The first kappa shape index (κ1) is 23.2. The molecule has 3 rings (SSSR count). The molecule has 0 aliphatic heterocycles. The number of nitrogens with one attached hydrogen (secondary N) is 3. The molecule has 1 heterocycles. The molecular formula is C23H25N5O3S. The van der Waals surface area contributed by atoms with Crippen LogP contribution in [0.4, 0.5) is 11.4 Å². The molecule has 0 aliphatic rings. The zero-order valence-electron chi connectivity index (χ0n) is 18.4. The quantitative estimate of drug-likeness (QED) is 0.469. The summed E-state index contributed by atoms with van der Waals surface area (Å²) in [5, 5.41) is 13.6. The van der Waals surface area contributed by atoms with Gasteiger partial charge < -0.3 is 10.6 Å². The number of aromatic amines is 1. The fourth-order valence-corrected chi connectivity index (χ4v) is 3.94. The minimum absolute atomic E-state index is 0.0894. The summed E-state index contributed by atoms with van der Waals surface area (Å²) in [6.07, 6.45) is 0.540. The molecule has 2 amide bonds. The Morgan fingerprint density at radius 3 is 2.44 bits per heavy atom. The number of rotatable bonds is 7. The van der Waals surface area contributed by atoms with E-state index in [0.29, 0.717) is 17.7 Å². The third kappa shape index (κ3) is 5.42. The summed E-state index contributed by atoms with van der Waals surface area (Å²) in [5.41, 5.74) is 3.44. The number of anilines is 2. The summed E-state index contributed by atoms with van der Waals surface area (Å²) in [6.45, 7) is 7.23. The molecule has 166 valence electrons. The van der Waals surface area contributed by atoms with Crippen molar-refractivity contribution in [2.45, 2.75) is 44.5 Å². The molecule has 0 unspecified atom stereocenters. The van der Waals surface area contributed by atoms with Gasteiger partial charge in [-0.05, 0) is 43.5 Å². The molecule has 0 saturated heterocycles. The van der Waals surface area contributed by atoms with Gasteiger partial charge in [-0.3, -0.25) is 19.4 Å². The number of aryl methyl sites for hydroxylation is 1. The molecule has 0 fully saturated rings. The van der Waals surface area contributed by atoms with Gasteiger partial charge in [0.15, 0.2) is 10.9 Å². The normalized spacial score (nSPS) is 11.6. The van der Waals surface area contributed by atoms with E-state index < -0.39 is 10.8 Å². The van der Waals surface area contributed by atoms with Gasteiger partial charge in [0.2, 0.25) is 11.8 Å². The van der Waals surface area contributed by atoms with E-state index in [2.05, 4.69) is 25.8 Å². The largest absolute Gasteiger partial charge is 0.326 e. The van der Waals surface area contributed by atoms with Gasteiger partial charge in [-0.1, -0.05) is 49.0 Å². The SMILES string of the molecule is CC[C@@H](Sc1nnc(-c2ccccc2NC(C)=O)c(=O)[nH]1)C(=O)Nc1cccc(C)c1C. The van der Waals surface area contributed by atoms with E-state index in [1.807, 2.05) is 39.0 Å². The van der Waals surface area contributed by atoms with Gasteiger partial charge in [0.1, 0.15) is 0 Å². The van der Waals surface area contributed by atoms with Crippen molar-refractivity contribution in [3.8, 4) is 11.3 Å². The van der Waals surface area contributed by atoms with Crippen molar-refractivity contribution in [3.63, 3.8) is 0 Å². The topological polar surface area (TPSA) is 117 Å². The van der Waals surface area contributed by atoms with E-state index in [1.54, 1.807) is 24.3 Å². The Labute approximate surface area is 190 Å². The van der Waals surface area contributed by atoms with Crippen molar-refractivity contribution < 1.29 is 9.59 Å². The van der Waals surface area contributed by atoms with Gasteiger partial charge in [0.25, 0.3) is 5.56 Å². The van der Waals surface area contributed by atoms with E-state index in [4.69, 9.17) is 0 Å². The van der Waals surface area contributed by atoms with Crippen LogP contribution in [0.1, 0.15) is 31.4 Å². The summed E-state index contributed by atoms with van der Waals surface area (Å²) < 4.78 is 0. The highest BCUT2D eigenvalue weighted by atomic mass is 32.2. The second-order valence-corrected chi connectivity index (χ2v) is 8.48. The van der Waals surface area contributed by atoms with Crippen molar-refractivity contribution in [2.24, 2.45) is 0 Å². The first-order valence-corrected chi connectivity index (χ1v) is 11.1. The minimum atomic E-state index is -0.461. The van der Waals surface area contributed by atoms with Crippen LogP contribution in [0.15, 0.2) is 52.4 Å². The highest BCUT2D eigenvalue weighted by Crippen LogP contribution is 2.26. The molecule has 32 heavy (non-hydrogen) atoms. The number of hydrogen-bond acceptors (Lipinski definition) is 6. The third-order valence-corrected chi connectivity index (χ3v) is 6.19. The van der Waals surface area contributed by atoms with E-state index in [-0.39, 0.29) is 22.7 Å². The molecule has 2 aromatic carbocycles. The van der Waals surface area contributed by atoms with Gasteiger partial charge in [-0.15, -0.1) is 10.2 Å². The average Bonchev–Trinajstić information content (AvgIpc) is 2.75. The Morgan fingerprint density at radius 1 is 1.03 bits per heavy atom. The summed E-state index contributed by atoms with van der Waals surface area (Å²) in [4.78, 5) is 39.7. The van der Waals surface area contributed by atoms with Crippen LogP contribution in [-0.2, 0) is 9.59 Å². The number of amides is 2. The average molecular weight is 452 g/mol. The summed E-state index contributed by atoms with van der Waals surface area (Å²) in [7, 11) is 0. The molecule has 0 aliphatic carbocycles. The standard InChI is InChI=1S/C23H25N5O3S/c1-5-19(21(30)25-17-12-8-9-13(2)14(17)3)32-23-26-22(31)20(27-28-23)16-10-6-7-11-18(16)24-15(4)29/h6-12,19H,5H2,1-4H3,(H,24,29)(H,25,30)(H,26,28,31)/t19-/m1/s1. The lowest BCUT2D eigenvalue weighted by Crippen LogP contribution is -2.26. The molecule has 8 nitrogen and oxygen atoms in total. The predicted molar refractivity (Wildman–Crippen MR) is 127 cm³/mol. The van der Waals surface area contributed by atoms with E-state index in [9.17, 15) is 14.4 Å². The van der Waals surface area contributed by atoms with Crippen molar-refractivity contribution in [3.05, 3.63) is 63.9 Å². The zero-order valence-corrected chi connectivity index (χ0v) is 19.2. The first-order chi connectivity index (χ1) is 15.3. The second kappa shape index (κ2) is 10.2. The fourth-order valence-electron chi connectivity index (χ4n) is 3.10. The lowest BCUT2D eigenvalue weighted by atomic mass is 10.1. The molecule has 0 saturated carbocycles. The van der Waals surface area contributed by atoms with Gasteiger partial charge in [0, 0.05) is 18.2 Å². The minimum Gasteiger partial charge on any atom is -0.326 e. The molecule has 1 aromatic heterocycles. The van der Waals surface area contributed by atoms with Crippen molar-refractivity contribution in [1.82, 2.24) is 15.2 Å². The first-order valence-electron chi connectivity index (χ1n) is 10.2. The highest BCUT2D eigenvalue weighted by Gasteiger charge is 2.21. The van der Waals surface area contributed by atoms with Crippen LogP contribution in [0.5, 0.6) is 0 Å². The monoisotopic (exact) mass is 451 g/mol. The molecule has 1 atom stereocenters. The van der Waals surface area contributed by atoms with Gasteiger partial charge >= 0.3 is 0 Å². The summed E-state index contributed by atoms with van der Waals surface area (Å²) >= 11 is 1.15. The maximum Gasteiger partial charge on any atom is 0.278 e. The predicted octanol–water partition coefficient (Wildman–Crippen LogP) is 3.92. The summed E-state index contributed by atoms with van der Waals surface area (Å²) in [6, 6.07) is 12.6. The van der Waals surface area contributed by atoms with E-state index >= 15 is 0 Å². The molecule has 0 bridgehead atoms. The lowest BCUT2D eigenvalue weighted by Gasteiger charge is -2.16. The van der Waals surface area contributed by atoms with Crippen LogP contribution >= 0.6 is 11.8 Å². The smallest absolute Gasteiger partial charge is 0.278 e. The molecule has 3 aromatic rings. The van der Waals surface area contributed by atoms with Crippen LogP contribution in [-0.4, -0.2) is 32.2 Å². The summed E-state index contributed by atoms with van der Waals surface area (Å²) in [5.74, 6) is -0.427. The Morgan fingerprint density at radius 2 is 1.75 bits per heavy atom. The fraction of sp³-hybridized carbons (Fsp3) is 0.261. The van der Waals surface area contributed by atoms with Crippen molar-refractivity contribution >= 4 is 35.0 Å². The number of benzene rings is 2. The Bertz CT molecular complexity index is 1210. The van der Waals surface area contributed by atoms with Crippen molar-refractivity contribution in [1.29, 1.82) is 0 Å². The number of thioether (sulfide) groups is 1. The molecule has 0 spiro atoms. The zero-order chi connectivity index (χ0) is 23.3. The highest BCUT2D eigenvalue weighted by molar-refractivity contribution is 8.00. The molecule has 3 N–H and O–H groups in total. The van der Waals surface area contributed by atoms with Crippen LogP contribution in [0, 0.1) is 13.8 Å². The Hall–Kier alpha value is -3.46. The molecular weight excluding hydrogens is 426 g/mol. The number of hydrogen-bond donors (Lipinski definition) is 3. The maximum atomic E-state index is 12.8. The van der Waals surface area contributed by atoms with Crippen molar-refractivity contribution in [2.75, 3.05) is 10.6 Å². The van der Waals surface area contributed by atoms with Gasteiger partial charge in [-0.2, -0.15) is 0 Å².